The Balaban J connectivity index is 2.06. The van der Waals surface area contributed by atoms with Crippen molar-refractivity contribution < 1.29 is 23.7 Å². The molecule has 0 unspecified atom stereocenters. The first-order chi connectivity index (χ1) is 13.1. The Morgan fingerprint density at radius 2 is 1.78 bits per heavy atom. The second-order valence-corrected chi connectivity index (χ2v) is 5.65. The van der Waals surface area contributed by atoms with E-state index in [4.69, 9.17) is 18.9 Å². The Labute approximate surface area is 157 Å². The maximum Gasteiger partial charge on any atom is 0.258 e. The van der Waals surface area contributed by atoms with Gasteiger partial charge in [0, 0.05) is 12.3 Å². The van der Waals surface area contributed by atoms with E-state index in [1.165, 1.54) is 14.2 Å². The van der Waals surface area contributed by atoms with Gasteiger partial charge in [0.15, 0.2) is 11.5 Å². The van der Waals surface area contributed by atoms with E-state index in [0.29, 0.717) is 51.8 Å². The van der Waals surface area contributed by atoms with E-state index < -0.39 is 0 Å². The molecule has 3 rings (SSSR count). The van der Waals surface area contributed by atoms with Crippen LogP contribution in [-0.2, 0) is 0 Å². The van der Waals surface area contributed by atoms with Crippen LogP contribution in [0.4, 0.5) is 5.69 Å². The van der Waals surface area contributed by atoms with Crippen LogP contribution < -0.4 is 24.3 Å². The molecule has 3 aromatic rings. The summed E-state index contributed by atoms with van der Waals surface area (Å²) in [5, 5.41) is 3.51. The SMILES string of the molecule is CCOc1ccccc1NC(=O)c1c[nH]c2cc(OC)c(OC)c(OC)c12. The number of hydrogen-bond donors (Lipinski definition) is 2. The summed E-state index contributed by atoms with van der Waals surface area (Å²) in [6.45, 7) is 2.40. The Bertz CT molecular complexity index is 964. The summed E-state index contributed by atoms with van der Waals surface area (Å²) in [5.41, 5.74) is 1.72. The number of fused-ring (bicyclic) bond motifs is 1. The molecule has 2 N–H and O–H groups in total. The highest BCUT2D eigenvalue weighted by Gasteiger charge is 2.23. The van der Waals surface area contributed by atoms with Crippen LogP contribution in [0, 0.1) is 0 Å². The Morgan fingerprint density at radius 3 is 2.44 bits per heavy atom. The highest BCUT2D eigenvalue weighted by molar-refractivity contribution is 6.15. The Hall–Kier alpha value is -3.35. The number of benzene rings is 2. The van der Waals surface area contributed by atoms with Gasteiger partial charge in [-0.2, -0.15) is 0 Å². The molecule has 0 atom stereocenters. The largest absolute Gasteiger partial charge is 0.493 e. The third-order valence-corrected chi connectivity index (χ3v) is 4.15. The first-order valence-corrected chi connectivity index (χ1v) is 8.47. The summed E-state index contributed by atoms with van der Waals surface area (Å²) in [7, 11) is 4.59. The van der Waals surface area contributed by atoms with Crippen molar-refractivity contribution in [1.29, 1.82) is 0 Å². The Morgan fingerprint density at radius 1 is 1.04 bits per heavy atom. The van der Waals surface area contributed by atoms with Gasteiger partial charge in [-0.25, -0.2) is 0 Å². The zero-order valence-corrected chi connectivity index (χ0v) is 15.7. The average Bonchev–Trinajstić information content (AvgIpc) is 3.11. The number of aromatic nitrogens is 1. The molecule has 0 saturated carbocycles. The van der Waals surface area contributed by atoms with Crippen LogP contribution in [0.5, 0.6) is 23.0 Å². The van der Waals surface area contributed by atoms with Gasteiger partial charge in [-0.05, 0) is 19.1 Å². The highest BCUT2D eigenvalue weighted by Crippen LogP contribution is 2.44. The molecule has 142 valence electrons. The van der Waals surface area contributed by atoms with Gasteiger partial charge in [0.25, 0.3) is 5.91 Å². The predicted octanol–water partition coefficient (Wildman–Crippen LogP) is 3.84. The van der Waals surface area contributed by atoms with Gasteiger partial charge in [-0.1, -0.05) is 12.1 Å². The minimum Gasteiger partial charge on any atom is -0.493 e. The fourth-order valence-corrected chi connectivity index (χ4v) is 2.98. The topological polar surface area (TPSA) is 81.8 Å². The maximum atomic E-state index is 13.0. The molecule has 1 amide bonds. The smallest absolute Gasteiger partial charge is 0.258 e. The number of H-pyrrole nitrogens is 1. The van der Waals surface area contributed by atoms with Crippen molar-refractivity contribution in [3.63, 3.8) is 0 Å². The van der Waals surface area contributed by atoms with E-state index in [9.17, 15) is 4.79 Å². The molecule has 1 aromatic heterocycles. The molecule has 0 bridgehead atoms. The molecule has 7 nitrogen and oxygen atoms in total. The summed E-state index contributed by atoms with van der Waals surface area (Å²) in [5.74, 6) is 1.68. The number of aromatic amines is 1. The van der Waals surface area contributed by atoms with Crippen LogP contribution in [0.15, 0.2) is 36.5 Å². The zero-order chi connectivity index (χ0) is 19.4. The number of anilines is 1. The highest BCUT2D eigenvalue weighted by atomic mass is 16.5. The normalized spacial score (nSPS) is 10.5. The number of carbonyl (C=O) groups excluding carboxylic acids is 1. The van der Waals surface area contributed by atoms with Crippen LogP contribution in [0.2, 0.25) is 0 Å². The van der Waals surface area contributed by atoms with Crippen LogP contribution >= 0.6 is 0 Å². The Kier molecular flexibility index (Phi) is 5.40. The summed E-state index contributed by atoms with van der Waals surface area (Å²) in [4.78, 5) is 16.0. The average molecular weight is 370 g/mol. The van der Waals surface area contributed by atoms with Crippen molar-refractivity contribution in [3.8, 4) is 23.0 Å². The molecular formula is C20H22N2O5. The van der Waals surface area contributed by atoms with Gasteiger partial charge in [0.2, 0.25) is 5.75 Å². The molecule has 0 fully saturated rings. The van der Waals surface area contributed by atoms with E-state index in [1.807, 2.05) is 25.1 Å². The lowest BCUT2D eigenvalue weighted by Crippen LogP contribution is -2.13. The molecule has 7 heteroatoms. The number of ether oxygens (including phenoxy) is 4. The molecule has 0 aliphatic rings. The molecule has 0 aliphatic heterocycles. The number of carbonyl (C=O) groups is 1. The summed E-state index contributed by atoms with van der Waals surface area (Å²) in [6, 6.07) is 9.05. The zero-order valence-electron chi connectivity index (χ0n) is 15.7. The van der Waals surface area contributed by atoms with E-state index in [2.05, 4.69) is 10.3 Å². The molecule has 27 heavy (non-hydrogen) atoms. The summed E-state index contributed by atoms with van der Waals surface area (Å²) >= 11 is 0. The van der Waals surface area contributed by atoms with Gasteiger partial charge in [0.05, 0.1) is 50.1 Å². The fourth-order valence-electron chi connectivity index (χ4n) is 2.98. The standard InChI is InChI=1S/C20H22N2O5/c1-5-27-15-9-7-6-8-13(15)22-20(23)12-11-21-14-10-16(24-2)18(25-3)19(26-4)17(12)14/h6-11,21H,5H2,1-4H3,(H,22,23). The third kappa shape index (κ3) is 3.36. The number of hydrogen-bond acceptors (Lipinski definition) is 5. The van der Waals surface area contributed by atoms with E-state index in [1.54, 1.807) is 25.4 Å². The molecule has 0 spiro atoms. The summed E-state index contributed by atoms with van der Waals surface area (Å²) in [6.07, 6.45) is 1.63. The van der Waals surface area contributed by atoms with Crippen LogP contribution in [0.3, 0.4) is 0 Å². The van der Waals surface area contributed by atoms with Crippen LogP contribution in [0.1, 0.15) is 17.3 Å². The molecule has 1 heterocycles. The quantitative estimate of drug-likeness (QED) is 0.660. The van der Waals surface area contributed by atoms with Crippen molar-refractivity contribution in [2.45, 2.75) is 6.92 Å². The van der Waals surface area contributed by atoms with Crippen molar-refractivity contribution in [1.82, 2.24) is 4.98 Å². The molecular weight excluding hydrogens is 348 g/mol. The van der Waals surface area contributed by atoms with E-state index in [0.717, 1.165) is 0 Å². The van der Waals surface area contributed by atoms with Crippen molar-refractivity contribution in [2.75, 3.05) is 33.3 Å². The third-order valence-electron chi connectivity index (χ3n) is 4.15. The first kappa shape index (κ1) is 18.4. The molecule has 2 aromatic carbocycles. The second-order valence-electron chi connectivity index (χ2n) is 5.65. The lowest BCUT2D eigenvalue weighted by Gasteiger charge is -2.14. The van der Waals surface area contributed by atoms with Gasteiger partial charge >= 0.3 is 0 Å². The van der Waals surface area contributed by atoms with Gasteiger partial charge < -0.3 is 29.2 Å². The van der Waals surface area contributed by atoms with Gasteiger partial charge in [0.1, 0.15) is 5.75 Å². The van der Waals surface area contributed by atoms with Crippen molar-refractivity contribution >= 4 is 22.5 Å². The number of para-hydroxylation sites is 2. The molecule has 0 radical (unpaired) electrons. The molecule has 0 saturated heterocycles. The van der Waals surface area contributed by atoms with Crippen LogP contribution in [0.25, 0.3) is 10.9 Å². The minimum absolute atomic E-state index is 0.293. The van der Waals surface area contributed by atoms with Crippen molar-refractivity contribution in [3.05, 3.63) is 42.1 Å². The fraction of sp³-hybridized carbons (Fsp3) is 0.250. The lowest BCUT2D eigenvalue weighted by atomic mass is 10.1. The molecule has 0 aliphatic carbocycles. The van der Waals surface area contributed by atoms with E-state index >= 15 is 0 Å². The minimum atomic E-state index is -0.293. The summed E-state index contributed by atoms with van der Waals surface area (Å²) < 4.78 is 21.9. The number of nitrogens with one attached hydrogen (secondary N) is 2. The van der Waals surface area contributed by atoms with Crippen LogP contribution in [-0.4, -0.2) is 38.8 Å². The second kappa shape index (κ2) is 7.90. The number of methoxy groups -OCH3 is 3. The van der Waals surface area contributed by atoms with Gasteiger partial charge in [-0.3, -0.25) is 4.79 Å². The monoisotopic (exact) mass is 370 g/mol. The number of rotatable bonds is 7. The van der Waals surface area contributed by atoms with Crippen molar-refractivity contribution in [2.24, 2.45) is 0 Å². The van der Waals surface area contributed by atoms with E-state index in [-0.39, 0.29) is 5.91 Å². The number of amides is 1. The lowest BCUT2D eigenvalue weighted by molar-refractivity contribution is 0.102. The van der Waals surface area contributed by atoms with Gasteiger partial charge in [-0.15, -0.1) is 0 Å². The maximum absolute atomic E-state index is 13.0. The first-order valence-electron chi connectivity index (χ1n) is 8.47. The predicted molar refractivity (Wildman–Crippen MR) is 104 cm³/mol.